The number of hydrogen-bond acceptors (Lipinski definition) is 5. The van der Waals surface area contributed by atoms with Crippen LogP contribution in [0.4, 0.5) is 0 Å². The molecule has 0 aromatic carbocycles. The van der Waals surface area contributed by atoms with Crippen molar-refractivity contribution in [1.29, 1.82) is 0 Å². The zero-order valence-corrected chi connectivity index (χ0v) is 13.7. The van der Waals surface area contributed by atoms with Gasteiger partial charge in [-0.1, -0.05) is 0 Å². The second-order valence-electron chi connectivity index (χ2n) is 6.98. The molecule has 0 saturated carbocycles. The van der Waals surface area contributed by atoms with Crippen LogP contribution < -0.4 is 0 Å². The quantitative estimate of drug-likeness (QED) is 0.865. The van der Waals surface area contributed by atoms with Gasteiger partial charge in [-0.25, -0.2) is 4.98 Å². The fourth-order valence-electron chi connectivity index (χ4n) is 3.97. The van der Waals surface area contributed by atoms with Crippen molar-refractivity contribution in [2.75, 3.05) is 26.2 Å². The van der Waals surface area contributed by atoms with E-state index in [-0.39, 0.29) is 5.91 Å². The largest absolute Gasteiger partial charge is 0.472 e. The molecule has 2 aromatic rings. The molecule has 2 aliphatic rings. The van der Waals surface area contributed by atoms with Crippen molar-refractivity contribution < 1.29 is 9.21 Å². The molecule has 6 nitrogen and oxygen atoms in total. The van der Waals surface area contributed by atoms with E-state index < -0.39 is 0 Å². The smallest absolute Gasteiger partial charge is 0.274 e. The molecule has 126 valence electrons. The third-order valence-electron chi connectivity index (χ3n) is 5.40. The lowest BCUT2D eigenvalue weighted by Gasteiger charge is -2.39. The van der Waals surface area contributed by atoms with Crippen molar-refractivity contribution in [2.24, 2.45) is 5.41 Å². The summed E-state index contributed by atoms with van der Waals surface area (Å²) in [6.45, 7) is 4.83. The van der Waals surface area contributed by atoms with Gasteiger partial charge in [0.15, 0.2) is 0 Å². The summed E-state index contributed by atoms with van der Waals surface area (Å²) in [5.74, 6) is 0.00574. The van der Waals surface area contributed by atoms with Crippen LogP contribution in [0.3, 0.4) is 0 Å². The highest BCUT2D eigenvalue weighted by Gasteiger charge is 2.41. The summed E-state index contributed by atoms with van der Waals surface area (Å²) in [7, 11) is 0. The Morgan fingerprint density at radius 3 is 2.75 bits per heavy atom. The van der Waals surface area contributed by atoms with Crippen LogP contribution >= 0.6 is 0 Å². The maximum atomic E-state index is 12.5. The lowest BCUT2D eigenvalue weighted by atomic mass is 9.77. The fraction of sp³-hybridized carbons (Fsp3) is 0.500. The second kappa shape index (κ2) is 6.36. The first-order valence-electron chi connectivity index (χ1n) is 8.53. The normalized spacial score (nSPS) is 20.6. The molecule has 2 aliphatic heterocycles. The Morgan fingerprint density at radius 1 is 1.21 bits per heavy atom. The van der Waals surface area contributed by atoms with Gasteiger partial charge in [-0.05, 0) is 37.3 Å². The number of nitrogens with zero attached hydrogens (tertiary/aromatic N) is 4. The molecule has 1 spiro atoms. The number of furan rings is 1. The van der Waals surface area contributed by atoms with Crippen LogP contribution in [-0.2, 0) is 6.54 Å². The van der Waals surface area contributed by atoms with E-state index in [0.29, 0.717) is 11.1 Å². The van der Waals surface area contributed by atoms with E-state index in [2.05, 4.69) is 14.9 Å². The lowest BCUT2D eigenvalue weighted by Crippen LogP contribution is -2.44. The molecule has 2 saturated heterocycles. The molecule has 6 heteroatoms. The average Bonchev–Trinajstić information content (AvgIpc) is 3.27. The zero-order chi connectivity index (χ0) is 16.4. The van der Waals surface area contributed by atoms with Crippen LogP contribution in [0.2, 0.25) is 0 Å². The zero-order valence-electron chi connectivity index (χ0n) is 13.7. The van der Waals surface area contributed by atoms with Crippen molar-refractivity contribution in [3.8, 4) is 0 Å². The van der Waals surface area contributed by atoms with Gasteiger partial charge in [-0.3, -0.25) is 14.7 Å². The highest BCUT2D eigenvalue weighted by molar-refractivity contribution is 5.92. The van der Waals surface area contributed by atoms with Gasteiger partial charge in [0.2, 0.25) is 0 Å². The molecule has 24 heavy (non-hydrogen) atoms. The Hall–Kier alpha value is -2.21. The first-order chi connectivity index (χ1) is 11.7. The van der Waals surface area contributed by atoms with Crippen LogP contribution in [0.25, 0.3) is 0 Å². The first-order valence-corrected chi connectivity index (χ1v) is 8.53. The van der Waals surface area contributed by atoms with Gasteiger partial charge in [0.1, 0.15) is 5.69 Å². The van der Waals surface area contributed by atoms with E-state index in [1.54, 1.807) is 24.9 Å². The van der Waals surface area contributed by atoms with Crippen molar-refractivity contribution in [3.63, 3.8) is 0 Å². The molecular weight excluding hydrogens is 304 g/mol. The van der Waals surface area contributed by atoms with E-state index >= 15 is 0 Å². The number of carbonyl (C=O) groups excluding carboxylic acids is 1. The number of hydrogen-bond donors (Lipinski definition) is 0. The number of amides is 1. The molecular formula is C18H22N4O2. The first kappa shape index (κ1) is 15.3. The molecule has 0 atom stereocenters. The summed E-state index contributed by atoms with van der Waals surface area (Å²) in [5.41, 5.74) is 2.05. The van der Waals surface area contributed by atoms with Gasteiger partial charge in [-0.2, -0.15) is 0 Å². The number of piperidine rings is 1. The summed E-state index contributed by atoms with van der Waals surface area (Å²) in [4.78, 5) is 25.0. The fourth-order valence-corrected chi connectivity index (χ4v) is 3.97. The highest BCUT2D eigenvalue weighted by atomic mass is 16.3. The molecule has 0 bridgehead atoms. The molecule has 2 aromatic heterocycles. The molecule has 0 unspecified atom stereocenters. The monoisotopic (exact) mass is 326 g/mol. The Labute approximate surface area is 141 Å². The Bertz CT molecular complexity index is 678. The van der Waals surface area contributed by atoms with E-state index in [1.165, 1.54) is 12.0 Å². The SMILES string of the molecule is O=C(c1cnccn1)N1CCC2(CCN(Cc3ccoc3)C2)CC1. The van der Waals surface area contributed by atoms with Gasteiger partial charge in [0.05, 0.1) is 18.7 Å². The second-order valence-corrected chi connectivity index (χ2v) is 6.98. The van der Waals surface area contributed by atoms with Gasteiger partial charge < -0.3 is 9.32 Å². The molecule has 4 rings (SSSR count). The molecule has 1 amide bonds. The van der Waals surface area contributed by atoms with Gasteiger partial charge >= 0.3 is 0 Å². The predicted octanol–water partition coefficient (Wildman–Crippen LogP) is 2.20. The summed E-state index contributed by atoms with van der Waals surface area (Å²) >= 11 is 0. The van der Waals surface area contributed by atoms with Gasteiger partial charge in [0.25, 0.3) is 5.91 Å². The molecule has 0 radical (unpaired) electrons. The van der Waals surface area contributed by atoms with Crippen molar-refractivity contribution >= 4 is 5.91 Å². The number of likely N-dealkylation sites (tertiary alicyclic amines) is 2. The third kappa shape index (κ3) is 3.06. The molecule has 0 aliphatic carbocycles. The van der Waals surface area contributed by atoms with E-state index in [1.807, 2.05) is 17.2 Å². The summed E-state index contributed by atoms with van der Waals surface area (Å²) in [6, 6.07) is 2.03. The summed E-state index contributed by atoms with van der Waals surface area (Å²) < 4.78 is 5.16. The highest BCUT2D eigenvalue weighted by Crippen LogP contribution is 2.41. The van der Waals surface area contributed by atoms with Crippen LogP contribution in [0, 0.1) is 5.41 Å². The maximum absolute atomic E-state index is 12.5. The standard InChI is InChI=1S/C18H22N4O2/c23-17(16-11-19-5-6-20-16)22-8-3-18(4-9-22)2-7-21(14-18)12-15-1-10-24-13-15/h1,5-6,10-11,13H,2-4,7-9,12,14H2. The minimum atomic E-state index is 0.00574. The van der Waals surface area contributed by atoms with E-state index in [0.717, 1.165) is 45.6 Å². The van der Waals surface area contributed by atoms with Crippen LogP contribution in [0.15, 0.2) is 41.6 Å². The van der Waals surface area contributed by atoms with E-state index in [4.69, 9.17) is 4.42 Å². The van der Waals surface area contributed by atoms with Crippen LogP contribution in [-0.4, -0.2) is 51.9 Å². The minimum Gasteiger partial charge on any atom is -0.472 e. The molecule has 4 heterocycles. The van der Waals surface area contributed by atoms with Crippen molar-refractivity contribution in [2.45, 2.75) is 25.8 Å². The molecule has 0 N–H and O–H groups in total. The topological polar surface area (TPSA) is 62.5 Å². The Balaban J connectivity index is 1.34. The Kier molecular flexibility index (Phi) is 4.06. The molecule has 2 fully saturated rings. The summed E-state index contributed by atoms with van der Waals surface area (Å²) in [5, 5.41) is 0. The van der Waals surface area contributed by atoms with Gasteiger partial charge in [-0.15, -0.1) is 0 Å². The predicted molar refractivity (Wildman–Crippen MR) is 88.2 cm³/mol. The average molecular weight is 326 g/mol. The Morgan fingerprint density at radius 2 is 2.04 bits per heavy atom. The van der Waals surface area contributed by atoms with Gasteiger partial charge in [0, 0.05) is 44.1 Å². The van der Waals surface area contributed by atoms with Crippen LogP contribution in [0.5, 0.6) is 0 Å². The van der Waals surface area contributed by atoms with Crippen molar-refractivity contribution in [3.05, 3.63) is 48.4 Å². The number of rotatable bonds is 3. The number of aromatic nitrogens is 2. The maximum Gasteiger partial charge on any atom is 0.274 e. The third-order valence-corrected chi connectivity index (χ3v) is 5.40. The summed E-state index contributed by atoms with van der Waals surface area (Å²) in [6.07, 6.45) is 11.6. The van der Waals surface area contributed by atoms with E-state index in [9.17, 15) is 4.79 Å². The van der Waals surface area contributed by atoms with Crippen LogP contribution in [0.1, 0.15) is 35.3 Å². The van der Waals surface area contributed by atoms with Crippen molar-refractivity contribution in [1.82, 2.24) is 19.8 Å². The number of carbonyl (C=O) groups is 1. The minimum absolute atomic E-state index is 0.00574. The lowest BCUT2D eigenvalue weighted by molar-refractivity contribution is 0.0582.